The average Bonchev–Trinajstić information content (AvgIpc) is 3.03. The average molecular weight is 394 g/mol. The van der Waals surface area contributed by atoms with Crippen molar-refractivity contribution in [1.82, 2.24) is 0 Å². The summed E-state index contributed by atoms with van der Waals surface area (Å²) in [4.78, 5) is 12.1. The quantitative estimate of drug-likeness (QED) is 0.604. The Hall–Kier alpha value is -2.70. The Labute approximate surface area is 161 Å². The van der Waals surface area contributed by atoms with E-state index in [0.29, 0.717) is 19.3 Å². The minimum absolute atomic E-state index is 0.167. The topological polar surface area (TPSA) is 44.8 Å². The van der Waals surface area contributed by atoms with E-state index < -0.39 is 6.36 Å². The van der Waals surface area contributed by atoms with Gasteiger partial charge in [-0.05, 0) is 54.7 Å². The summed E-state index contributed by atoms with van der Waals surface area (Å²) in [6.07, 6.45) is -2.22. The molecule has 150 valence electrons. The third kappa shape index (κ3) is 5.41. The van der Waals surface area contributed by atoms with Crippen molar-refractivity contribution < 1.29 is 32.2 Å². The highest BCUT2D eigenvalue weighted by Gasteiger charge is 2.34. The molecule has 7 heteroatoms. The first-order valence-corrected chi connectivity index (χ1v) is 9.03. The zero-order valence-corrected chi connectivity index (χ0v) is 15.4. The summed E-state index contributed by atoms with van der Waals surface area (Å²) in [5.74, 6) is 0.143. The lowest BCUT2D eigenvalue weighted by Gasteiger charge is -2.10. The molecule has 0 radical (unpaired) electrons. The highest BCUT2D eigenvalue weighted by Crippen LogP contribution is 2.36. The van der Waals surface area contributed by atoms with Crippen molar-refractivity contribution in [3.8, 4) is 11.5 Å². The molecule has 0 aliphatic carbocycles. The number of carbonyl (C=O) groups is 1. The highest BCUT2D eigenvalue weighted by atomic mass is 19.4. The Morgan fingerprint density at radius 1 is 1.04 bits per heavy atom. The molecule has 1 heterocycles. The predicted molar refractivity (Wildman–Crippen MR) is 96.0 cm³/mol. The Morgan fingerprint density at radius 3 is 2.29 bits per heavy atom. The molecule has 1 saturated heterocycles. The molecule has 0 saturated carbocycles. The largest absolute Gasteiger partial charge is 0.573 e. The molecule has 0 spiro atoms. The second-order valence-corrected chi connectivity index (χ2v) is 6.72. The Bertz CT molecular complexity index is 785. The zero-order valence-electron chi connectivity index (χ0n) is 15.4. The summed E-state index contributed by atoms with van der Waals surface area (Å²) < 4.78 is 51.0. The van der Waals surface area contributed by atoms with E-state index in [9.17, 15) is 18.0 Å². The van der Waals surface area contributed by atoms with E-state index in [1.54, 1.807) is 19.2 Å². The maximum absolute atomic E-state index is 12.2. The summed E-state index contributed by atoms with van der Waals surface area (Å²) in [6, 6.07) is 13.3. The van der Waals surface area contributed by atoms with Crippen molar-refractivity contribution in [2.24, 2.45) is 5.92 Å². The summed E-state index contributed by atoms with van der Waals surface area (Å²) in [6.45, 7) is 0. The maximum atomic E-state index is 12.2. The van der Waals surface area contributed by atoms with Gasteiger partial charge < -0.3 is 14.2 Å². The van der Waals surface area contributed by atoms with E-state index in [1.807, 2.05) is 24.3 Å². The van der Waals surface area contributed by atoms with Crippen molar-refractivity contribution >= 4 is 5.97 Å². The number of ether oxygens (including phenoxy) is 3. The number of esters is 1. The minimum Gasteiger partial charge on any atom is -0.497 e. The number of hydrogen-bond acceptors (Lipinski definition) is 4. The predicted octanol–water partition coefficient (Wildman–Crippen LogP) is 5.22. The van der Waals surface area contributed by atoms with Crippen molar-refractivity contribution in [3.05, 3.63) is 59.7 Å². The summed E-state index contributed by atoms with van der Waals surface area (Å²) in [7, 11) is 1.59. The third-order valence-corrected chi connectivity index (χ3v) is 4.75. The fraction of sp³-hybridized carbons (Fsp3) is 0.381. The smallest absolute Gasteiger partial charge is 0.497 e. The van der Waals surface area contributed by atoms with Gasteiger partial charge in [-0.1, -0.05) is 24.3 Å². The van der Waals surface area contributed by atoms with Gasteiger partial charge in [0.15, 0.2) is 0 Å². The van der Waals surface area contributed by atoms with Gasteiger partial charge in [0.25, 0.3) is 0 Å². The fourth-order valence-corrected chi connectivity index (χ4v) is 3.31. The SMILES string of the molecule is COc1ccc([C@@H]2CC(CCCc3ccc(OC(F)(F)F)cc3)C(=O)O2)cc1. The van der Waals surface area contributed by atoms with E-state index in [0.717, 1.165) is 23.3 Å². The molecule has 1 unspecified atom stereocenters. The molecule has 0 aromatic heterocycles. The van der Waals surface area contributed by atoms with Gasteiger partial charge in [-0.3, -0.25) is 4.79 Å². The van der Waals surface area contributed by atoms with Crippen LogP contribution in [-0.4, -0.2) is 19.4 Å². The van der Waals surface area contributed by atoms with Crippen molar-refractivity contribution in [2.45, 2.75) is 38.1 Å². The second kappa shape index (κ2) is 8.54. The molecule has 2 aromatic carbocycles. The lowest BCUT2D eigenvalue weighted by molar-refractivity contribution is -0.274. The van der Waals surface area contributed by atoms with Crippen molar-refractivity contribution in [2.75, 3.05) is 7.11 Å². The van der Waals surface area contributed by atoms with Gasteiger partial charge in [-0.25, -0.2) is 0 Å². The second-order valence-electron chi connectivity index (χ2n) is 6.72. The first kappa shape index (κ1) is 20.0. The number of cyclic esters (lactones) is 1. The first-order valence-electron chi connectivity index (χ1n) is 9.03. The normalized spacial score (nSPS) is 19.4. The molecular formula is C21H21F3O4. The van der Waals surface area contributed by atoms with Crippen LogP contribution in [0.2, 0.25) is 0 Å². The number of hydrogen-bond donors (Lipinski definition) is 0. The van der Waals surface area contributed by atoms with Crippen LogP contribution >= 0.6 is 0 Å². The van der Waals surface area contributed by atoms with Crippen molar-refractivity contribution in [1.29, 1.82) is 0 Å². The van der Waals surface area contributed by atoms with Gasteiger partial charge in [-0.2, -0.15) is 0 Å². The van der Waals surface area contributed by atoms with Crippen LogP contribution in [0, 0.1) is 5.92 Å². The maximum Gasteiger partial charge on any atom is 0.573 e. The molecule has 1 aliphatic heterocycles. The van der Waals surface area contributed by atoms with Crippen LogP contribution in [0.25, 0.3) is 0 Å². The zero-order chi connectivity index (χ0) is 20.1. The summed E-state index contributed by atoms with van der Waals surface area (Å²) >= 11 is 0. The van der Waals surface area contributed by atoms with Crippen LogP contribution in [0.4, 0.5) is 13.2 Å². The van der Waals surface area contributed by atoms with Gasteiger partial charge in [0.1, 0.15) is 17.6 Å². The van der Waals surface area contributed by atoms with Gasteiger partial charge >= 0.3 is 12.3 Å². The minimum atomic E-state index is -4.69. The Kier molecular flexibility index (Phi) is 6.11. The van der Waals surface area contributed by atoms with Crippen LogP contribution < -0.4 is 9.47 Å². The van der Waals surface area contributed by atoms with Gasteiger partial charge in [0.05, 0.1) is 13.0 Å². The van der Waals surface area contributed by atoms with Crippen LogP contribution in [0.15, 0.2) is 48.5 Å². The molecule has 28 heavy (non-hydrogen) atoms. The Morgan fingerprint density at radius 2 is 1.68 bits per heavy atom. The first-order chi connectivity index (χ1) is 13.3. The lowest BCUT2D eigenvalue weighted by atomic mass is 9.94. The molecule has 2 atom stereocenters. The molecular weight excluding hydrogens is 373 g/mol. The van der Waals surface area contributed by atoms with Crippen LogP contribution in [0.1, 0.15) is 36.5 Å². The molecule has 4 nitrogen and oxygen atoms in total. The highest BCUT2D eigenvalue weighted by molar-refractivity contribution is 5.74. The monoisotopic (exact) mass is 394 g/mol. The number of halogens is 3. The van der Waals surface area contributed by atoms with E-state index in [1.165, 1.54) is 12.1 Å². The van der Waals surface area contributed by atoms with Crippen LogP contribution in [0.3, 0.4) is 0 Å². The van der Waals surface area contributed by atoms with E-state index in [4.69, 9.17) is 9.47 Å². The molecule has 3 rings (SSSR count). The summed E-state index contributed by atoms with van der Waals surface area (Å²) in [5.41, 5.74) is 1.84. The van der Waals surface area contributed by atoms with Crippen LogP contribution in [0.5, 0.6) is 11.5 Å². The van der Waals surface area contributed by atoms with Crippen molar-refractivity contribution in [3.63, 3.8) is 0 Å². The number of methoxy groups -OCH3 is 1. The van der Waals surface area contributed by atoms with Crippen LogP contribution in [-0.2, 0) is 16.0 Å². The number of alkyl halides is 3. The molecule has 2 aromatic rings. The number of aryl methyl sites for hydroxylation is 1. The molecule has 0 amide bonds. The molecule has 0 bridgehead atoms. The standard InChI is InChI=1S/C21H21F3O4/c1-26-17-11-7-15(8-12-17)19-13-16(20(25)27-19)4-2-3-14-5-9-18(10-6-14)28-21(22,23)24/h5-12,16,19H,2-4,13H2,1H3/t16?,19-/m0/s1. The molecule has 1 fully saturated rings. The van der Waals surface area contributed by atoms with E-state index >= 15 is 0 Å². The molecule has 1 aliphatic rings. The third-order valence-electron chi connectivity index (χ3n) is 4.75. The Balaban J connectivity index is 1.47. The molecule has 0 N–H and O–H groups in total. The van der Waals surface area contributed by atoms with E-state index in [2.05, 4.69) is 4.74 Å². The fourth-order valence-electron chi connectivity index (χ4n) is 3.31. The number of carbonyl (C=O) groups excluding carboxylic acids is 1. The number of benzene rings is 2. The summed E-state index contributed by atoms with van der Waals surface area (Å²) in [5, 5.41) is 0. The number of rotatable bonds is 7. The van der Waals surface area contributed by atoms with Gasteiger partial charge in [-0.15, -0.1) is 13.2 Å². The van der Waals surface area contributed by atoms with Gasteiger partial charge in [0.2, 0.25) is 0 Å². The lowest BCUT2D eigenvalue weighted by Crippen LogP contribution is -2.17. The van der Waals surface area contributed by atoms with Gasteiger partial charge in [0, 0.05) is 6.42 Å². The van der Waals surface area contributed by atoms with E-state index in [-0.39, 0.29) is 23.7 Å².